The van der Waals surface area contributed by atoms with Crippen molar-refractivity contribution in [1.82, 2.24) is 20.0 Å². The summed E-state index contributed by atoms with van der Waals surface area (Å²) in [6.45, 7) is 11.1. The molecule has 8 heteroatoms. The lowest BCUT2D eigenvalue weighted by atomic mass is 9.95. The standard InChI is InChI=1S/C19H27N5O3/c1-13-10-15(27-22-13)17(25)24-8-6-23(7-9-24)16-11-14(12-26-5)20-18(21-16)19(2,3)4/h10-11H,6-9,12H2,1-5H3. The van der Waals surface area contributed by atoms with Crippen molar-refractivity contribution in [3.63, 3.8) is 0 Å². The molecule has 1 fully saturated rings. The van der Waals surface area contributed by atoms with E-state index in [4.69, 9.17) is 14.2 Å². The fourth-order valence-electron chi connectivity index (χ4n) is 2.96. The second-order valence-corrected chi connectivity index (χ2v) is 7.84. The maximum atomic E-state index is 12.5. The van der Waals surface area contributed by atoms with Crippen molar-refractivity contribution in [3.8, 4) is 0 Å². The summed E-state index contributed by atoms with van der Waals surface area (Å²) in [5.41, 5.74) is 1.42. The molecule has 0 bridgehead atoms. The molecule has 1 saturated heterocycles. The zero-order valence-electron chi connectivity index (χ0n) is 16.7. The number of carbonyl (C=O) groups excluding carboxylic acids is 1. The van der Waals surface area contributed by atoms with Gasteiger partial charge in [-0.25, -0.2) is 9.97 Å². The Balaban J connectivity index is 1.73. The highest BCUT2D eigenvalue weighted by Crippen LogP contribution is 2.23. The average molecular weight is 373 g/mol. The monoisotopic (exact) mass is 373 g/mol. The minimum atomic E-state index is -0.152. The average Bonchev–Trinajstić information content (AvgIpc) is 3.07. The van der Waals surface area contributed by atoms with Crippen molar-refractivity contribution in [3.05, 3.63) is 35.1 Å². The molecule has 0 N–H and O–H groups in total. The highest BCUT2D eigenvalue weighted by Gasteiger charge is 2.27. The van der Waals surface area contributed by atoms with E-state index >= 15 is 0 Å². The molecule has 0 aromatic carbocycles. The number of methoxy groups -OCH3 is 1. The summed E-state index contributed by atoms with van der Waals surface area (Å²) >= 11 is 0. The third kappa shape index (κ3) is 4.44. The van der Waals surface area contributed by atoms with Gasteiger partial charge in [-0.2, -0.15) is 0 Å². The van der Waals surface area contributed by atoms with Gasteiger partial charge in [0.25, 0.3) is 5.91 Å². The first-order chi connectivity index (χ1) is 12.8. The number of anilines is 1. The number of amides is 1. The quantitative estimate of drug-likeness (QED) is 0.812. The second kappa shape index (κ2) is 7.64. The Bertz CT molecular complexity index is 804. The molecule has 1 amide bonds. The fraction of sp³-hybridized carbons (Fsp3) is 0.579. The van der Waals surface area contributed by atoms with Gasteiger partial charge in [-0.05, 0) is 6.92 Å². The molecule has 3 rings (SSSR count). The van der Waals surface area contributed by atoms with Crippen molar-refractivity contribution in [2.45, 2.75) is 39.7 Å². The second-order valence-electron chi connectivity index (χ2n) is 7.84. The lowest BCUT2D eigenvalue weighted by Gasteiger charge is -2.35. The molecule has 1 aliphatic rings. The van der Waals surface area contributed by atoms with E-state index in [1.165, 1.54) is 0 Å². The van der Waals surface area contributed by atoms with Crippen molar-refractivity contribution in [2.75, 3.05) is 38.2 Å². The van der Waals surface area contributed by atoms with Crippen LogP contribution in [0.15, 0.2) is 16.7 Å². The predicted octanol–water partition coefficient (Wildman–Crippen LogP) is 2.18. The third-order valence-corrected chi connectivity index (χ3v) is 4.46. The van der Waals surface area contributed by atoms with Gasteiger partial charge in [0, 0.05) is 50.8 Å². The van der Waals surface area contributed by atoms with Crippen LogP contribution in [-0.2, 0) is 16.8 Å². The number of nitrogens with zero attached hydrogens (tertiary/aromatic N) is 5. The molecular formula is C19H27N5O3. The summed E-state index contributed by atoms with van der Waals surface area (Å²) in [7, 11) is 1.66. The third-order valence-electron chi connectivity index (χ3n) is 4.46. The molecule has 0 aliphatic carbocycles. The molecule has 1 aliphatic heterocycles. The molecular weight excluding hydrogens is 346 g/mol. The van der Waals surface area contributed by atoms with Crippen LogP contribution in [0.1, 0.15) is 48.5 Å². The van der Waals surface area contributed by atoms with E-state index in [2.05, 4.69) is 35.8 Å². The zero-order valence-corrected chi connectivity index (χ0v) is 16.7. The van der Waals surface area contributed by atoms with Crippen LogP contribution in [-0.4, -0.2) is 59.2 Å². The molecule has 0 saturated carbocycles. The van der Waals surface area contributed by atoms with Gasteiger partial charge >= 0.3 is 0 Å². The maximum absolute atomic E-state index is 12.5. The first kappa shape index (κ1) is 19.3. The molecule has 146 valence electrons. The summed E-state index contributed by atoms with van der Waals surface area (Å²) in [4.78, 5) is 25.9. The van der Waals surface area contributed by atoms with Gasteiger partial charge in [-0.1, -0.05) is 25.9 Å². The van der Waals surface area contributed by atoms with Crippen LogP contribution < -0.4 is 4.90 Å². The van der Waals surface area contributed by atoms with Crippen LogP contribution >= 0.6 is 0 Å². The molecule has 8 nitrogen and oxygen atoms in total. The van der Waals surface area contributed by atoms with E-state index in [-0.39, 0.29) is 11.3 Å². The summed E-state index contributed by atoms with van der Waals surface area (Å²) in [6, 6.07) is 3.64. The Hall–Kier alpha value is -2.48. The van der Waals surface area contributed by atoms with Crippen LogP contribution in [0.4, 0.5) is 5.82 Å². The Kier molecular flexibility index (Phi) is 5.46. The topological polar surface area (TPSA) is 84.6 Å². The highest BCUT2D eigenvalue weighted by molar-refractivity contribution is 5.91. The Labute approximate surface area is 159 Å². The summed E-state index contributed by atoms with van der Waals surface area (Å²) < 4.78 is 10.4. The number of carbonyl (C=O) groups is 1. The van der Waals surface area contributed by atoms with Gasteiger partial charge < -0.3 is 19.1 Å². The van der Waals surface area contributed by atoms with Crippen LogP contribution in [0.5, 0.6) is 0 Å². The van der Waals surface area contributed by atoms with E-state index < -0.39 is 0 Å². The molecule has 0 atom stereocenters. The van der Waals surface area contributed by atoms with E-state index in [1.807, 2.05) is 6.07 Å². The minimum Gasteiger partial charge on any atom is -0.378 e. The minimum absolute atomic E-state index is 0.117. The number of rotatable bonds is 4. The number of hydrogen-bond acceptors (Lipinski definition) is 7. The first-order valence-electron chi connectivity index (χ1n) is 9.13. The predicted molar refractivity (Wildman–Crippen MR) is 101 cm³/mol. The number of piperazine rings is 1. The Morgan fingerprint density at radius 1 is 1.19 bits per heavy atom. The maximum Gasteiger partial charge on any atom is 0.292 e. The highest BCUT2D eigenvalue weighted by atomic mass is 16.5. The van der Waals surface area contributed by atoms with E-state index in [0.717, 1.165) is 17.3 Å². The van der Waals surface area contributed by atoms with E-state index in [9.17, 15) is 4.79 Å². The van der Waals surface area contributed by atoms with Gasteiger partial charge in [0.2, 0.25) is 5.76 Å². The van der Waals surface area contributed by atoms with Gasteiger partial charge in [0.1, 0.15) is 11.6 Å². The van der Waals surface area contributed by atoms with E-state index in [1.54, 1.807) is 25.0 Å². The molecule has 0 radical (unpaired) electrons. The molecule has 0 spiro atoms. The lowest BCUT2D eigenvalue weighted by Crippen LogP contribution is -2.49. The van der Waals surface area contributed by atoms with Gasteiger partial charge in [-0.3, -0.25) is 4.79 Å². The fourth-order valence-corrected chi connectivity index (χ4v) is 2.96. The van der Waals surface area contributed by atoms with E-state index in [0.29, 0.717) is 44.2 Å². The van der Waals surface area contributed by atoms with Gasteiger partial charge in [-0.15, -0.1) is 0 Å². The zero-order chi connectivity index (χ0) is 19.6. The molecule has 2 aromatic rings. The van der Waals surface area contributed by atoms with Crippen LogP contribution in [0, 0.1) is 6.92 Å². The smallest absolute Gasteiger partial charge is 0.292 e. The lowest BCUT2D eigenvalue weighted by molar-refractivity contribution is 0.0704. The molecule has 0 unspecified atom stereocenters. The van der Waals surface area contributed by atoms with Gasteiger partial charge in [0.05, 0.1) is 18.0 Å². The number of hydrogen-bond donors (Lipinski definition) is 0. The number of ether oxygens (including phenoxy) is 1. The summed E-state index contributed by atoms with van der Waals surface area (Å²) in [5.74, 6) is 1.85. The molecule has 3 heterocycles. The first-order valence-corrected chi connectivity index (χ1v) is 9.13. The largest absolute Gasteiger partial charge is 0.378 e. The molecule has 2 aromatic heterocycles. The van der Waals surface area contributed by atoms with Crippen LogP contribution in [0.25, 0.3) is 0 Å². The Morgan fingerprint density at radius 2 is 1.89 bits per heavy atom. The number of aromatic nitrogens is 3. The van der Waals surface area contributed by atoms with Crippen LogP contribution in [0.2, 0.25) is 0 Å². The van der Waals surface area contributed by atoms with Crippen molar-refractivity contribution >= 4 is 11.7 Å². The summed E-state index contributed by atoms with van der Waals surface area (Å²) in [6.07, 6.45) is 0. The SMILES string of the molecule is COCc1cc(N2CCN(C(=O)c3cc(C)no3)CC2)nc(C(C)(C)C)n1. The summed E-state index contributed by atoms with van der Waals surface area (Å²) in [5, 5.41) is 3.79. The Morgan fingerprint density at radius 3 is 2.44 bits per heavy atom. The van der Waals surface area contributed by atoms with Crippen LogP contribution in [0.3, 0.4) is 0 Å². The molecule has 27 heavy (non-hydrogen) atoms. The number of aryl methyl sites for hydroxylation is 1. The van der Waals surface area contributed by atoms with Gasteiger partial charge in [0.15, 0.2) is 0 Å². The normalized spacial score (nSPS) is 15.3. The van der Waals surface area contributed by atoms with Crippen molar-refractivity contribution in [2.24, 2.45) is 0 Å². The van der Waals surface area contributed by atoms with Crippen molar-refractivity contribution in [1.29, 1.82) is 0 Å². The van der Waals surface area contributed by atoms with Crippen molar-refractivity contribution < 1.29 is 14.1 Å².